The van der Waals surface area contributed by atoms with Gasteiger partial charge >= 0.3 is 12.1 Å². The Bertz CT molecular complexity index is 167. The van der Waals surface area contributed by atoms with Crippen molar-refractivity contribution in [2.24, 2.45) is 0 Å². The summed E-state index contributed by atoms with van der Waals surface area (Å²) in [4.78, 5) is 20.9. The van der Waals surface area contributed by atoms with Gasteiger partial charge in [0.2, 0.25) is 0 Å². The summed E-state index contributed by atoms with van der Waals surface area (Å²) in [6.45, 7) is -0.305. The number of aliphatic carboxylic acids is 1. The molecule has 0 aliphatic heterocycles. The molecule has 0 radical (unpaired) electrons. The van der Waals surface area contributed by atoms with Gasteiger partial charge in [-0.15, -0.1) is 0 Å². The van der Waals surface area contributed by atoms with Gasteiger partial charge in [-0.2, -0.15) is 0 Å². The van der Waals surface area contributed by atoms with Crippen molar-refractivity contribution < 1.29 is 24.5 Å². The number of aliphatic hydroxyl groups is 1. The van der Waals surface area contributed by atoms with Crippen molar-refractivity contribution in [3.63, 3.8) is 0 Å². The molecule has 3 N–H and O–H groups in total. The molecule has 0 bridgehead atoms. The second-order valence-electron chi connectivity index (χ2n) is 2.04. The van der Waals surface area contributed by atoms with E-state index in [1.165, 1.54) is 0 Å². The normalized spacial score (nSPS) is 11.8. The van der Waals surface area contributed by atoms with Crippen molar-refractivity contribution in [1.29, 1.82) is 0 Å². The molecule has 0 aromatic heterocycles. The summed E-state index contributed by atoms with van der Waals surface area (Å²) in [6, 6.07) is -1.09. The molecule has 0 spiro atoms. The van der Waals surface area contributed by atoms with Crippen molar-refractivity contribution in [2.75, 3.05) is 13.7 Å². The Morgan fingerprint density at radius 3 is 2.50 bits per heavy atom. The highest BCUT2D eigenvalue weighted by molar-refractivity contribution is 5.79. The molecular formula is C6H11NO5. The summed E-state index contributed by atoms with van der Waals surface area (Å²) in [5, 5.41) is 18.9. The lowest BCUT2D eigenvalue weighted by Crippen LogP contribution is -2.41. The van der Waals surface area contributed by atoms with Crippen molar-refractivity contribution >= 4 is 12.1 Å². The second-order valence-corrected chi connectivity index (χ2v) is 2.04. The van der Waals surface area contributed by atoms with Crippen LogP contribution in [0.1, 0.15) is 6.42 Å². The van der Waals surface area contributed by atoms with Crippen molar-refractivity contribution in [1.82, 2.24) is 5.32 Å². The summed E-state index contributed by atoms with van der Waals surface area (Å²) < 4.78 is 4.18. The third-order valence-electron chi connectivity index (χ3n) is 1.19. The number of methoxy groups -OCH3 is 1. The van der Waals surface area contributed by atoms with Gasteiger partial charge in [0.25, 0.3) is 0 Å². The van der Waals surface area contributed by atoms with Crippen LogP contribution in [0.5, 0.6) is 0 Å². The van der Waals surface area contributed by atoms with Crippen LogP contribution in [0, 0.1) is 0 Å². The SMILES string of the molecule is COC(=O)NC(CCO)C(=O)O. The molecule has 0 rings (SSSR count). The molecule has 6 nitrogen and oxygen atoms in total. The number of carboxylic acid groups (broad SMARTS) is 1. The molecule has 0 aliphatic rings. The Balaban J connectivity index is 3.95. The number of carbonyl (C=O) groups is 2. The van der Waals surface area contributed by atoms with E-state index in [1.807, 2.05) is 5.32 Å². The third kappa shape index (κ3) is 3.77. The van der Waals surface area contributed by atoms with Crippen LogP contribution in [-0.4, -0.2) is 42.0 Å². The minimum absolute atomic E-state index is 0.0373. The molecule has 0 heterocycles. The molecule has 0 saturated carbocycles. The van der Waals surface area contributed by atoms with E-state index >= 15 is 0 Å². The van der Waals surface area contributed by atoms with E-state index < -0.39 is 18.1 Å². The standard InChI is InChI=1S/C6H11NO5/c1-12-6(11)7-4(2-3-8)5(9)10/h4,8H,2-3H2,1H3,(H,7,11)(H,9,10). The number of rotatable bonds is 4. The maximum Gasteiger partial charge on any atom is 0.407 e. The fourth-order valence-corrected chi connectivity index (χ4v) is 0.588. The number of ether oxygens (including phenoxy) is 1. The minimum atomic E-state index is -1.20. The number of hydrogen-bond donors (Lipinski definition) is 3. The molecule has 1 amide bonds. The molecule has 6 heteroatoms. The highest BCUT2D eigenvalue weighted by Crippen LogP contribution is 1.91. The molecule has 12 heavy (non-hydrogen) atoms. The maximum absolute atomic E-state index is 10.5. The average Bonchev–Trinajstić information content (AvgIpc) is 2.03. The predicted octanol–water partition coefficient (Wildman–Crippen LogP) is -0.822. The van der Waals surface area contributed by atoms with Crippen LogP contribution in [0.2, 0.25) is 0 Å². The van der Waals surface area contributed by atoms with Gasteiger partial charge in [-0.3, -0.25) is 0 Å². The van der Waals surface area contributed by atoms with Crippen molar-refractivity contribution in [3.05, 3.63) is 0 Å². The lowest BCUT2D eigenvalue weighted by atomic mass is 10.2. The third-order valence-corrected chi connectivity index (χ3v) is 1.19. The Labute approximate surface area is 69.1 Å². The van der Waals surface area contributed by atoms with Crippen LogP contribution in [0.4, 0.5) is 4.79 Å². The Kier molecular flexibility index (Phi) is 4.78. The minimum Gasteiger partial charge on any atom is -0.480 e. The van der Waals surface area contributed by atoms with Gasteiger partial charge in [-0.25, -0.2) is 9.59 Å². The van der Waals surface area contributed by atoms with Gasteiger partial charge in [0, 0.05) is 13.0 Å². The first kappa shape index (κ1) is 10.7. The van der Waals surface area contributed by atoms with Gasteiger partial charge in [0.1, 0.15) is 6.04 Å². The van der Waals surface area contributed by atoms with Gasteiger partial charge in [-0.1, -0.05) is 0 Å². The van der Waals surface area contributed by atoms with Crippen molar-refractivity contribution in [2.45, 2.75) is 12.5 Å². The number of carbonyl (C=O) groups excluding carboxylic acids is 1. The summed E-state index contributed by atoms with van der Waals surface area (Å²) >= 11 is 0. The fourth-order valence-electron chi connectivity index (χ4n) is 0.588. The van der Waals surface area contributed by atoms with Gasteiger partial charge in [0.05, 0.1) is 7.11 Å². The quantitative estimate of drug-likeness (QED) is 0.521. The second kappa shape index (κ2) is 5.36. The number of carboxylic acids is 1. The number of nitrogens with one attached hydrogen (secondary N) is 1. The molecule has 0 aliphatic carbocycles. The number of alkyl carbamates (subject to hydrolysis) is 1. The molecular weight excluding hydrogens is 166 g/mol. The Morgan fingerprint density at radius 2 is 2.17 bits per heavy atom. The van der Waals surface area contributed by atoms with Gasteiger partial charge in [-0.05, 0) is 0 Å². The van der Waals surface area contributed by atoms with Crippen LogP contribution in [0.3, 0.4) is 0 Å². The van der Waals surface area contributed by atoms with E-state index in [0.29, 0.717) is 0 Å². The number of amides is 1. The van der Waals surface area contributed by atoms with E-state index in [4.69, 9.17) is 10.2 Å². The lowest BCUT2D eigenvalue weighted by Gasteiger charge is -2.11. The number of aliphatic hydroxyl groups excluding tert-OH is 1. The molecule has 1 atom stereocenters. The summed E-state index contributed by atoms with van der Waals surface area (Å²) in [7, 11) is 1.13. The van der Waals surface area contributed by atoms with E-state index in [0.717, 1.165) is 7.11 Å². The zero-order valence-electron chi connectivity index (χ0n) is 6.61. The molecule has 0 aromatic rings. The zero-order valence-corrected chi connectivity index (χ0v) is 6.61. The van der Waals surface area contributed by atoms with E-state index in [9.17, 15) is 9.59 Å². The highest BCUT2D eigenvalue weighted by Gasteiger charge is 2.18. The van der Waals surface area contributed by atoms with Gasteiger partial charge in [0.15, 0.2) is 0 Å². The topological polar surface area (TPSA) is 95.9 Å². The predicted molar refractivity (Wildman–Crippen MR) is 38.7 cm³/mol. The fraction of sp³-hybridized carbons (Fsp3) is 0.667. The zero-order chi connectivity index (χ0) is 9.56. The van der Waals surface area contributed by atoms with Crippen LogP contribution in [0.15, 0.2) is 0 Å². The first-order chi connectivity index (χ1) is 5.61. The van der Waals surface area contributed by atoms with Crippen LogP contribution in [0.25, 0.3) is 0 Å². The van der Waals surface area contributed by atoms with E-state index in [1.54, 1.807) is 0 Å². The Hall–Kier alpha value is -1.30. The highest BCUT2D eigenvalue weighted by atomic mass is 16.5. The smallest absolute Gasteiger partial charge is 0.407 e. The maximum atomic E-state index is 10.5. The van der Waals surface area contributed by atoms with Crippen LogP contribution < -0.4 is 5.32 Å². The molecule has 0 fully saturated rings. The molecule has 70 valence electrons. The first-order valence-corrected chi connectivity index (χ1v) is 3.30. The van der Waals surface area contributed by atoms with Crippen LogP contribution in [-0.2, 0) is 9.53 Å². The number of hydrogen-bond acceptors (Lipinski definition) is 4. The molecule has 0 aromatic carbocycles. The lowest BCUT2D eigenvalue weighted by molar-refractivity contribution is -0.139. The summed E-state index contributed by atoms with van der Waals surface area (Å²) in [5.41, 5.74) is 0. The van der Waals surface area contributed by atoms with Crippen LogP contribution >= 0.6 is 0 Å². The summed E-state index contributed by atoms with van der Waals surface area (Å²) in [6.07, 6.45) is -0.861. The van der Waals surface area contributed by atoms with E-state index in [-0.39, 0.29) is 13.0 Å². The molecule has 1 unspecified atom stereocenters. The van der Waals surface area contributed by atoms with Crippen molar-refractivity contribution in [3.8, 4) is 0 Å². The molecule has 0 saturated heterocycles. The largest absolute Gasteiger partial charge is 0.480 e. The summed E-state index contributed by atoms with van der Waals surface area (Å²) in [5.74, 6) is -1.20. The monoisotopic (exact) mass is 177 g/mol. The van der Waals surface area contributed by atoms with Gasteiger partial charge < -0.3 is 20.3 Å². The average molecular weight is 177 g/mol. The first-order valence-electron chi connectivity index (χ1n) is 3.30. The Morgan fingerprint density at radius 1 is 1.58 bits per heavy atom. The van der Waals surface area contributed by atoms with E-state index in [2.05, 4.69) is 4.74 Å².